The van der Waals surface area contributed by atoms with Crippen molar-refractivity contribution in [3.8, 4) is 11.9 Å². The Morgan fingerprint density at radius 1 is 1.45 bits per heavy atom. The zero-order valence-corrected chi connectivity index (χ0v) is 16.6. The Morgan fingerprint density at radius 2 is 2.24 bits per heavy atom. The summed E-state index contributed by atoms with van der Waals surface area (Å²) in [5.74, 6) is 0.492. The number of nitrogens with one attached hydrogen (secondary N) is 1. The van der Waals surface area contributed by atoms with Gasteiger partial charge in [-0.3, -0.25) is 14.5 Å². The lowest BCUT2D eigenvalue weighted by molar-refractivity contribution is 0.0602. The number of hydrogen-bond donors (Lipinski definition) is 1. The molecule has 0 saturated heterocycles. The van der Waals surface area contributed by atoms with E-state index in [9.17, 15) is 14.9 Å². The van der Waals surface area contributed by atoms with E-state index < -0.39 is 11.5 Å². The van der Waals surface area contributed by atoms with Crippen LogP contribution >= 0.6 is 11.8 Å². The first-order chi connectivity index (χ1) is 14.0. The number of ether oxygens (including phenoxy) is 1. The normalized spacial score (nSPS) is 11.1. The molecule has 1 N–H and O–H groups in total. The number of methoxy groups -OCH3 is 1. The number of esters is 1. The molecule has 0 amide bonds. The van der Waals surface area contributed by atoms with Crippen molar-refractivity contribution in [3.63, 3.8) is 0 Å². The Kier molecular flexibility index (Phi) is 4.56. The van der Waals surface area contributed by atoms with E-state index in [0.717, 1.165) is 5.75 Å². The van der Waals surface area contributed by atoms with Crippen LogP contribution in [-0.4, -0.2) is 48.2 Å². The van der Waals surface area contributed by atoms with Gasteiger partial charge in [-0.15, -0.1) is 11.8 Å². The first kappa shape index (κ1) is 18.7. The number of aryl methyl sites for hydroxylation is 1. The predicted molar refractivity (Wildman–Crippen MR) is 105 cm³/mol. The number of aromatic amines is 1. The molecule has 0 aliphatic heterocycles. The van der Waals surface area contributed by atoms with E-state index in [2.05, 4.69) is 26.3 Å². The highest BCUT2D eigenvalue weighted by Crippen LogP contribution is 2.24. The van der Waals surface area contributed by atoms with Gasteiger partial charge in [0.25, 0.3) is 5.56 Å². The van der Waals surface area contributed by atoms with E-state index in [1.165, 1.54) is 40.3 Å². The molecule has 0 aliphatic rings. The summed E-state index contributed by atoms with van der Waals surface area (Å²) in [6.45, 7) is 3.62. The average molecular weight is 409 g/mol. The zero-order valence-electron chi connectivity index (χ0n) is 15.8. The summed E-state index contributed by atoms with van der Waals surface area (Å²) in [4.78, 5) is 29.4. The molecule has 0 unspecified atom stereocenters. The summed E-state index contributed by atoms with van der Waals surface area (Å²) in [6.07, 6.45) is 2.93. The molecule has 146 valence electrons. The second-order valence-electron chi connectivity index (χ2n) is 6.03. The van der Waals surface area contributed by atoms with E-state index in [-0.39, 0.29) is 10.9 Å². The van der Waals surface area contributed by atoms with Crippen LogP contribution in [0.2, 0.25) is 0 Å². The summed E-state index contributed by atoms with van der Waals surface area (Å²) in [5, 5.41) is 21.6. The highest BCUT2D eigenvalue weighted by Gasteiger charge is 2.22. The van der Waals surface area contributed by atoms with E-state index in [4.69, 9.17) is 4.74 Å². The summed E-state index contributed by atoms with van der Waals surface area (Å²) in [5.41, 5.74) is 1.39. The van der Waals surface area contributed by atoms with Gasteiger partial charge in [-0.1, -0.05) is 6.92 Å². The maximum absolute atomic E-state index is 13.1. The molecule has 29 heavy (non-hydrogen) atoms. The molecule has 0 fully saturated rings. The van der Waals surface area contributed by atoms with Gasteiger partial charge in [0, 0.05) is 12.4 Å². The van der Waals surface area contributed by atoms with Crippen molar-refractivity contribution in [1.82, 2.24) is 29.4 Å². The number of fused-ring (bicyclic) bond motifs is 3. The highest BCUT2D eigenvalue weighted by atomic mass is 32.2. The number of hydrogen-bond acceptors (Lipinski definition) is 8. The number of thioether (sulfide) groups is 1. The Morgan fingerprint density at radius 3 is 2.93 bits per heavy atom. The molecule has 0 aliphatic carbocycles. The van der Waals surface area contributed by atoms with Gasteiger partial charge in [-0.2, -0.15) is 15.5 Å². The number of pyridine rings is 1. The van der Waals surface area contributed by atoms with Crippen molar-refractivity contribution in [2.24, 2.45) is 0 Å². The highest BCUT2D eigenvalue weighted by molar-refractivity contribution is 7.99. The minimum absolute atomic E-state index is 0.250. The fraction of sp³-hybridized carbons (Fsp3) is 0.222. The molecule has 0 atom stereocenters. The van der Waals surface area contributed by atoms with Gasteiger partial charge in [-0.05, 0) is 18.7 Å². The predicted octanol–water partition coefficient (Wildman–Crippen LogP) is 1.84. The van der Waals surface area contributed by atoms with Crippen LogP contribution in [0.25, 0.3) is 22.4 Å². The molecule has 0 bridgehead atoms. The second kappa shape index (κ2) is 7.06. The minimum atomic E-state index is -0.547. The third-order valence-electron chi connectivity index (χ3n) is 4.42. The lowest BCUT2D eigenvalue weighted by atomic mass is 10.2. The van der Waals surface area contributed by atoms with Crippen molar-refractivity contribution in [2.75, 3.05) is 12.9 Å². The van der Waals surface area contributed by atoms with E-state index in [1.54, 1.807) is 13.0 Å². The molecule has 4 rings (SSSR count). The van der Waals surface area contributed by atoms with Crippen LogP contribution in [0.1, 0.15) is 28.5 Å². The summed E-state index contributed by atoms with van der Waals surface area (Å²) in [6, 6.07) is 3.78. The van der Waals surface area contributed by atoms with Crippen molar-refractivity contribution in [1.29, 1.82) is 5.26 Å². The largest absolute Gasteiger partial charge is 0.465 e. The average Bonchev–Trinajstić information content (AvgIpc) is 3.28. The standard InChI is InChI=1S/C18H15N7O3S/c1-4-29-16-10(7-19)14(21-22-16)24-6-5-12-11(17(24)26)8-20-15-13(18(27)28-3)9(2)23-25(12)15/h5-6,8H,4H2,1-3H3,(H,21,22). The maximum atomic E-state index is 13.1. The molecule has 11 heteroatoms. The molecule has 4 aromatic heterocycles. The van der Waals surface area contributed by atoms with Crippen LogP contribution in [0.15, 0.2) is 28.3 Å². The smallest absolute Gasteiger partial charge is 0.343 e. The van der Waals surface area contributed by atoms with Crippen molar-refractivity contribution in [2.45, 2.75) is 18.9 Å². The van der Waals surface area contributed by atoms with E-state index in [0.29, 0.717) is 33.3 Å². The summed E-state index contributed by atoms with van der Waals surface area (Å²) in [7, 11) is 1.28. The molecule has 0 aromatic carbocycles. The van der Waals surface area contributed by atoms with Crippen molar-refractivity contribution < 1.29 is 9.53 Å². The van der Waals surface area contributed by atoms with Crippen LogP contribution in [0.4, 0.5) is 0 Å². The molecule has 0 saturated carbocycles. The van der Waals surface area contributed by atoms with Gasteiger partial charge in [0.2, 0.25) is 0 Å². The summed E-state index contributed by atoms with van der Waals surface area (Å²) >= 11 is 1.41. The topological polar surface area (TPSA) is 131 Å². The van der Waals surface area contributed by atoms with E-state index >= 15 is 0 Å². The molecule has 4 heterocycles. The number of nitriles is 1. The van der Waals surface area contributed by atoms with E-state index in [1.807, 2.05) is 6.92 Å². The van der Waals surface area contributed by atoms with Crippen molar-refractivity contribution in [3.05, 3.63) is 45.6 Å². The molecular formula is C18H15N7O3S. The Hall–Kier alpha value is -3.65. The van der Waals surface area contributed by atoms with Gasteiger partial charge in [0.05, 0.1) is 23.7 Å². The molecule has 0 spiro atoms. The maximum Gasteiger partial charge on any atom is 0.343 e. The minimum Gasteiger partial charge on any atom is -0.465 e. The van der Waals surface area contributed by atoms with Crippen LogP contribution in [0, 0.1) is 18.3 Å². The molecule has 4 aromatic rings. The fourth-order valence-electron chi connectivity index (χ4n) is 3.13. The number of aromatic nitrogens is 6. The number of carbonyl (C=O) groups excluding carboxylic acids is 1. The van der Waals surface area contributed by atoms with Crippen LogP contribution in [0.3, 0.4) is 0 Å². The van der Waals surface area contributed by atoms with Crippen LogP contribution in [0.5, 0.6) is 0 Å². The SMILES string of the molecule is CCSc1n[nH]c(-n2ccc3c(cnc4c(C(=O)OC)c(C)nn43)c2=O)c1C#N. The number of H-pyrrole nitrogens is 1. The number of nitrogens with zero attached hydrogens (tertiary/aromatic N) is 6. The fourth-order valence-corrected chi connectivity index (χ4v) is 3.80. The van der Waals surface area contributed by atoms with Crippen LogP contribution in [-0.2, 0) is 4.74 Å². The Bertz CT molecular complexity index is 1380. The molecule has 10 nitrogen and oxygen atoms in total. The first-order valence-electron chi connectivity index (χ1n) is 8.61. The zero-order chi connectivity index (χ0) is 20.7. The number of rotatable bonds is 4. The van der Waals surface area contributed by atoms with Gasteiger partial charge in [0.15, 0.2) is 11.5 Å². The lowest BCUT2D eigenvalue weighted by Gasteiger charge is -2.06. The first-order valence-corrected chi connectivity index (χ1v) is 9.60. The monoisotopic (exact) mass is 409 g/mol. The van der Waals surface area contributed by atoms with Crippen molar-refractivity contribution >= 4 is 34.3 Å². The third kappa shape index (κ3) is 2.76. The van der Waals surface area contributed by atoms with Gasteiger partial charge in [-0.25, -0.2) is 14.3 Å². The number of carbonyl (C=O) groups is 1. The van der Waals surface area contributed by atoms with Gasteiger partial charge >= 0.3 is 5.97 Å². The third-order valence-corrected chi connectivity index (χ3v) is 5.28. The molecule has 0 radical (unpaired) electrons. The Labute approximate surface area is 168 Å². The second-order valence-corrected chi connectivity index (χ2v) is 7.29. The molecular weight excluding hydrogens is 394 g/mol. The lowest BCUT2D eigenvalue weighted by Crippen LogP contribution is -2.20. The quantitative estimate of drug-likeness (QED) is 0.399. The van der Waals surface area contributed by atoms with Gasteiger partial charge < -0.3 is 4.74 Å². The van der Waals surface area contributed by atoms with Crippen LogP contribution < -0.4 is 5.56 Å². The summed E-state index contributed by atoms with van der Waals surface area (Å²) < 4.78 is 7.56. The Balaban J connectivity index is 1.97. The van der Waals surface area contributed by atoms with Gasteiger partial charge in [0.1, 0.15) is 22.2 Å².